The zero-order valence-electron chi connectivity index (χ0n) is 13.7. The smallest absolute Gasteiger partial charge is 0.328 e. The highest BCUT2D eigenvalue weighted by Crippen LogP contribution is 2.25. The number of carbonyl (C=O) groups excluding carboxylic acids is 1. The Morgan fingerprint density at radius 1 is 1.35 bits per heavy atom. The van der Waals surface area contributed by atoms with Crippen LogP contribution in [0.15, 0.2) is 36.9 Å². The molecule has 1 aromatic carbocycles. The number of amides is 1. The second-order valence-electron chi connectivity index (χ2n) is 5.54. The summed E-state index contributed by atoms with van der Waals surface area (Å²) in [6.45, 7) is 7.05. The van der Waals surface area contributed by atoms with Gasteiger partial charge in [0.25, 0.3) is 0 Å². The Hall–Kier alpha value is -2.34. The van der Waals surface area contributed by atoms with Crippen LogP contribution in [0, 0.1) is 0 Å². The van der Waals surface area contributed by atoms with E-state index in [1.54, 1.807) is 45.2 Å². The summed E-state index contributed by atoms with van der Waals surface area (Å²) < 4.78 is 10.2. The van der Waals surface area contributed by atoms with Crippen LogP contribution >= 0.6 is 0 Å². The molecular weight excluding hydrogens is 298 g/mol. The van der Waals surface area contributed by atoms with Crippen LogP contribution in [0.4, 0.5) is 0 Å². The molecule has 23 heavy (non-hydrogen) atoms. The minimum absolute atomic E-state index is 0.119. The lowest BCUT2D eigenvalue weighted by molar-refractivity contribution is -0.144. The molecular formula is C17H23NO5. The maximum Gasteiger partial charge on any atom is 0.328 e. The van der Waals surface area contributed by atoms with E-state index in [-0.39, 0.29) is 13.2 Å². The van der Waals surface area contributed by atoms with Gasteiger partial charge in [0.15, 0.2) is 6.04 Å². The van der Waals surface area contributed by atoms with Gasteiger partial charge in [-0.25, -0.2) is 4.79 Å². The largest absolute Gasteiger partial charge is 0.497 e. The molecule has 1 amide bonds. The van der Waals surface area contributed by atoms with Crippen molar-refractivity contribution >= 4 is 11.9 Å². The molecule has 6 nitrogen and oxygen atoms in total. The summed E-state index contributed by atoms with van der Waals surface area (Å²) in [6, 6.07) is 5.96. The standard InChI is InChI=1S/C17H23NO5/c1-5-10-23-11-14(15(19)20)18-16(21)17(2,3)12-6-8-13(22-4)9-7-12/h5-9,14H,1,10-11H2,2-4H3,(H,18,21)(H,19,20). The lowest BCUT2D eigenvalue weighted by Crippen LogP contribution is -2.50. The van der Waals surface area contributed by atoms with Crippen molar-refractivity contribution in [1.29, 1.82) is 0 Å². The van der Waals surface area contributed by atoms with E-state index in [0.717, 1.165) is 5.56 Å². The van der Waals surface area contributed by atoms with Gasteiger partial charge >= 0.3 is 5.97 Å². The molecule has 0 spiro atoms. The lowest BCUT2D eigenvalue weighted by Gasteiger charge is -2.26. The van der Waals surface area contributed by atoms with Crippen molar-refractivity contribution in [3.05, 3.63) is 42.5 Å². The van der Waals surface area contributed by atoms with Crippen molar-refractivity contribution in [3.8, 4) is 5.75 Å². The normalized spacial score (nSPS) is 12.3. The molecule has 6 heteroatoms. The maximum atomic E-state index is 12.5. The van der Waals surface area contributed by atoms with E-state index in [2.05, 4.69) is 11.9 Å². The fourth-order valence-corrected chi connectivity index (χ4v) is 1.92. The van der Waals surface area contributed by atoms with Crippen molar-refractivity contribution in [2.75, 3.05) is 20.3 Å². The maximum absolute atomic E-state index is 12.5. The molecule has 0 bridgehead atoms. The van der Waals surface area contributed by atoms with Crippen molar-refractivity contribution in [2.24, 2.45) is 0 Å². The summed E-state index contributed by atoms with van der Waals surface area (Å²) in [5, 5.41) is 11.7. The number of hydrogen-bond acceptors (Lipinski definition) is 4. The third-order valence-electron chi connectivity index (χ3n) is 3.50. The molecule has 1 aromatic rings. The summed E-state index contributed by atoms with van der Waals surface area (Å²) in [5.74, 6) is -0.851. The number of aliphatic carboxylic acids is 1. The number of rotatable bonds is 9. The molecule has 0 radical (unpaired) electrons. The van der Waals surface area contributed by atoms with Gasteiger partial charge in [0.05, 0.1) is 25.7 Å². The highest BCUT2D eigenvalue weighted by molar-refractivity contribution is 5.90. The zero-order valence-corrected chi connectivity index (χ0v) is 13.7. The molecule has 0 fully saturated rings. The SMILES string of the molecule is C=CCOCC(NC(=O)C(C)(C)c1ccc(OC)cc1)C(=O)O. The number of nitrogens with one attached hydrogen (secondary N) is 1. The van der Waals surface area contributed by atoms with Crippen LogP contribution < -0.4 is 10.1 Å². The van der Waals surface area contributed by atoms with Gasteiger partial charge in [-0.15, -0.1) is 6.58 Å². The molecule has 1 atom stereocenters. The summed E-state index contributed by atoms with van der Waals surface area (Å²) in [5.41, 5.74) is -0.134. The lowest BCUT2D eigenvalue weighted by atomic mass is 9.83. The van der Waals surface area contributed by atoms with Crippen molar-refractivity contribution in [3.63, 3.8) is 0 Å². The van der Waals surface area contributed by atoms with Gasteiger partial charge in [-0.3, -0.25) is 4.79 Å². The molecule has 126 valence electrons. The summed E-state index contributed by atoms with van der Waals surface area (Å²) in [4.78, 5) is 23.7. The van der Waals surface area contributed by atoms with Crippen molar-refractivity contribution in [2.45, 2.75) is 25.3 Å². The first kappa shape index (κ1) is 18.7. The highest BCUT2D eigenvalue weighted by atomic mass is 16.5. The van der Waals surface area contributed by atoms with E-state index in [1.165, 1.54) is 6.08 Å². The molecule has 0 aliphatic carbocycles. The van der Waals surface area contributed by atoms with E-state index in [1.807, 2.05) is 0 Å². The molecule has 0 aromatic heterocycles. The van der Waals surface area contributed by atoms with Crippen LogP contribution in [0.5, 0.6) is 5.75 Å². The Labute approximate surface area is 136 Å². The minimum atomic E-state index is -1.15. The average Bonchev–Trinajstić information content (AvgIpc) is 2.53. The van der Waals surface area contributed by atoms with Gasteiger partial charge in [-0.2, -0.15) is 0 Å². The topological polar surface area (TPSA) is 84.9 Å². The first-order chi connectivity index (χ1) is 10.8. The number of carboxylic acids is 1. The zero-order chi connectivity index (χ0) is 17.5. The third-order valence-corrected chi connectivity index (χ3v) is 3.50. The Balaban J connectivity index is 2.82. The molecule has 0 heterocycles. The monoisotopic (exact) mass is 321 g/mol. The molecule has 0 saturated carbocycles. The quantitative estimate of drug-likeness (QED) is 0.534. The van der Waals surface area contributed by atoms with E-state index >= 15 is 0 Å². The van der Waals surface area contributed by atoms with E-state index in [9.17, 15) is 14.7 Å². The minimum Gasteiger partial charge on any atom is -0.497 e. The predicted molar refractivity (Wildman–Crippen MR) is 86.6 cm³/mol. The average molecular weight is 321 g/mol. The number of methoxy groups -OCH3 is 1. The van der Waals surface area contributed by atoms with Gasteiger partial charge < -0.3 is 19.9 Å². The van der Waals surface area contributed by atoms with Gasteiger partial charge in [-0.1, -0.05) is 18.2 Å². The molecule has 1 rings (SSSR count). The molecule has 2 N–H and O–H groups in total. The summed E-state index contributed by atoms with van der Waals surface area (Å²) in [7, 11) is 1.56. The predicted octanol–water partition coefficient (Wildman–Crippen LogP) is 1.74. The Morgan fingerprint density at radius 2 is 1.96 bits per heavy atom. The highest BCUT2D eigenvalue weighted by Gasteiger charge is 2.33. The first-order valence-corrected chi connectivity index (χ1v) is 7.20. The molecule has 1 unspecified atom stereocenters. The Kier molecular flexibility index (Phi) is 6.78. The van der Waals surface area contributed by atoms with Gasteiger partial charge in [0.2, 0.25) is 5.91 Å². The molecule has 0 saturated heterocycles. The number of ether oxygens (including phenoxy) is 2. The van der Waals surface area contributed by atoms with Gasteiger partial charge in [0, 0.05) is 0 Å². The summed E-state index contributed by atoms with van der Waals surface area (Å²) >= 11 is 0. The van der Waals surface area contributed by atoms with E-state index in [4.69, 9.17) is 9.47 Å². The first-order valence-electron chi connectivity index (χ1n) is 7.20. The molecule has 0 aliphatic heterocycles. The van der Waals surface area contributed by atoms with Crippen LogP contribution in [0.25, 0.3) is 0 Å². The Morgan fingerprint density at radius 3 is 2.43 bits per heavy atom. The van der Waals surface area contributed by atoms with E-state index < -0.39 is 23.3 Å². The second kappa shape index (κ2) is 8.33. The second-order valence-corrected chi connectivity index (χ2v) is 5.54. The van der Waals surface area contributed by atoms with Crippen LogP contribution in [0.3, 0.4) is 0 Å². The van der Waals surface area contributed by atoms with Crippen molar-refractivity contribution < 1.29 is 24.2 Å². The Bertz CT molecular complexity index is 551. The molecule has 0 aliphatic rings. The van der Waals surface area contributed by atoms with Crippen molar-refractivity contribution in [1.82, 2.24) is 5.32 Å². The van der Waals surface area contributed by atoms with Crippen LogP contribution in [-0.4, -0.2) is 43.3 Å². The number of carboxylic acid groups (broad SMARTS) is 1. The third kappa shape index (κ3) is 5.10. The number of benzene rings is 1. The van der Waals surface area contributed by atoms with Gasteiger partial charge in [0.1, 0.15) is 5.75 Å². The van der Waals surface area contributed by atoms with E-state index in [0.29, 0.717) is 5.75 Å². The number of hydrogen-bond donors (Lipinski definition) is 2. The fourth-order valence-electron chi connectivity index (χ4n) is 1.92. The summed E-state index contributed by atoms with van der Waals surface area (Å²) in [6.07, 6.45) is 1.52. The van der Waals surface area contributed by atoms with Crippen LogP contribution in [-0.2, 0) is 19.7 Å². The van der Waals surface area contributed by atoms with Gasteiger partial charge in [-0.05, 0) is 31.5 Å². The fraction of sp³-hybridized carbons (Fsp3) is 0.412. The van der Waals surface area contributed by atoms with Crippen LogP contribution in [0.2, 0.25) is 0 Å². The number of carbonyl (C=O) groups is 2. The van der Waals surface area contributed by atoms with Crippen LogP contribution in [0.1, 0.15) is 19.4 Å².